The van der Waals surface area contributed by atoms with Crippen LogP contribution in [0.1, 0.15) is 6.42 Å². The molecule has 1 nitrogen and oxygen atoms in total. The maximum absolute atomic E-state index is 4.95. The molecule has 0 spiro atoms. The summed E-state index contributed by atoms with van der Waals surface area (Å²) in [5.74, 6) is 0. The van der Waals surface area contributed by atoms with Gasteiger partial charge < -0.3 is 4.74 Å². The van der Waals surface area contributed by atoms with Crippen molar-refractivity contribution in [2.24, 2.45) is 0 Å². The van der Waals surface area contributed by atoms with E-state index >= 15 is 0 Å². The summed E-state index contributed by atoms with van der Waals surface area (Å²) in [6.45, 7) is 4.43. The Bertz CT molecular complexity index is 116. The molecule has 8 heavy (non-hydrogen) atoms. The predicted molar refractivity (Wildman–Crippen MR) is 37.2 cm³/mol. The minimum atomic E-state index is 0.417. The lowest BCUT2D eigenvalue weighted by molar-refractivity contribution is 0.415. The fourth-order valence-corrected chi connectivity index (χ4v) is 0.680. The van der Waals surface area contributed by atoms with E-state index in [0.29, 0.717) is 6.10 Å². The lowest BCUT2D eigenvalue weighted by Crippen LogP contribution is -1.93. The highest BCUT2D eigenvalue weighted by Gasteiger charge is 2.22. The van der Waals surface area contributed by atoms with Gasteiger partial charge >= 0.3 is 0 Å². The van der Waals surface area contributed by atoms with Crippen LogP contribution in [0, 0.1) is 0 Å². The summed E-state index contributed by atoms with van der Waals surface area (Å²) in [4.78, 5) is 0.910. The number of thiocarbonyl (C=S) groups is 1. The minimum Gasteiger partial charge on any atom is -0.373 e. The molecule has 0 bridgehead atoms. The van der Waals surface area contributed by atoms with Crippen LogP contribution in [0.4, 0.5) is 0 Å². The molecule has 0 amide bonds. The van der Waals surface area contributed by atoms with Crippen LogP contribution in [0.5, 0.6) is 0 Å². The van der Waals surface area contributed by atoms with E-state index in [0.717, 1.165) is 17.9 Å². The normalized spacial score (nSPS) is 24.8. The molecule has 1 heterocycles. The molecule has 1 atom stereocenters. The second-order valence-electron chi connectivity index (χ2n) is 1.83. The van der Waals surface area contributed by atoms with Gasteiger partial charge in [-0.3, -0.25) is 0 Å². The molecule has 0 saturated carbocycles. The van der Waals surface area contributed by atoms with Gasteiger partial charge in [0.25, 0.3) is 0 Å². The van der Waals surface area contributed by atoms with Crippen molar-refractivity contribution in [2.45, 2.75) is 12.5 Å². The second-order valence-corrected chi connectivity index (χ2v) is 2.35. The molecule has 0 aromatic rings. The van der Waals surface area contributed by atoms with E-state index < -0.39 is 0 Å². The Morgan fingerprint density at radius 1 is 2.00 bits per heavy atom. The van der Waals surface area contributed by atoms with Crippen molar-refractivity contribution < 1.29 is 4.74 Å². The molecule has 1 saturated heterocycles. The molecule has 1 unspecified atom stereocenters. The van der Waals surface area contributed by atoms with Crippen LogP contribution in [0.2, 0.25) is 0 Å². The Balaban J connectivity index is 2.16. The van der Waals surface area contributed by atoms with Gasteiger partial charge in [-0.1, -0.05) is 24.9 Å². The summed E-state index contributed by atoms with van der Waals surface area (Å²) in [5.41, 5.74) is 0. The first-order valence-corrected chi connectivity index (χ1v) is 3.00. The molecule has 1 aliphatic heterocycles. The summed E-state index contributed by atoms with van der Waals surface area (Å²) >= 11 is 4.87. The molecule has 44 valence electrons. The van der Waals surface area contributed by atoms with Crippen molar-refractivity contribution in [3.63, 3.8) is 0 Å². The van der Waals surface area contributed by atoms with Crippen molar-refractivity contribution in [1.82, 2.24) is 0 Å². The van der Waals surface area contributed by atoms with Gasteiger partial charge in [0, 0.05) is 11.3 Å². The molecule has 2 heteroatoms. The number of epoxide rings is 1. The van der Waals surface area contributed by atoms with E-state index in [2.05, 4.69) is 6.58 Å². The smallest absolute Gasteiger partial charge is 0.0858 e. The SMILES string of the molecule is C=CC(=S)CC1CO1. The topological polar surface area (TPSA) is 12.5 Å². The van der Waals surface area contributed by atoms with Crippen LogP contribution in [-0.4, -0.2) is 17.6 Å². The molecular formula is C6H8OS. The van der Waals surface area contributed by atoms with Gasteiger partial charge in [0.2, 0.25) is 0 Å². The van der Waals surface area contributed by atoms with Crippen LogP contribution in [0.15, 0.2) is 12.7 Å². The van der Waals surface area contributed by atoms with Crippen molar-refractivity contribution >= 4 is 17.1 Å². The van der Waals surface area contributed by atoms with Gasteiger partial charge in [0.1, 0.15) is 0 Å². The predicted octanol–water partition coefficient (Wildman–Crippen LogP) is 1.33. The zero-order valence-corrected chi connectivity index (χ0v) is 5.41. The van der Waals surface area contributed by atoms with E-state index in [1.165, 1.54) is 0 Å². The van der Waals surface area contributed by atoms with E-state index in [1.54, 1.807) is 6.08 Å². The summed E-state index contributed by atoms with van der Waals surface area (Å²) in [6.07, 6.45) is 3.01. The number of hydrogen-bond acceptors (Lipinski definition) is 2. The van der Waals surface area contributed by atoms with Crippen molar-refractivity contribution in [2.75, 3.05) is 6.61 Å². The average Bonchev–Trinajstić information content (AvgIpc) is 2.50. The minimum absolute atomic E-state index is 0.417. The zero-order valence-electron chi connectivity index (χ0n) is 4.59. The van der Waals surface area contributed by atoms with Crippen LogP contribution in [-0.2, 0) is 4.74 Å². The average molecular weight is 128 g/mol. The second kappa shape index (κ2) is 2.37. The molecular weight excluding hydrogens is 120 g/mol. The van der Waals surface area contributed by atoms with E-state index in [-0.39, 0.29) is 0 Å². The first-order chi connectivity index (χ1) is 3.83. The van der Waals surface area contributed by atoms with E-state index in [9.17, 15) is 0 Å². The molecule has 1 fully saturated rings. The lowest BCUT2D eigenvalue weighted by atomic mass is 10.2. The number of hydrogen-bond donors (Lipinski definition) is 0. The summed E-state index contributed by atoms with van der Waals surface area (Å²) in [5, 5.41) is 0. The molecule has 1 rings (SSSR count). The maximum atomic E-state index is 4.95. The Kier molecular flexibility index (Phi) is 1.76. The van der Waals surface area contributed by atoms with Crippen LogP contribution in [0.25, 0.3) is 0 Å². The molecule has 0 aromatic heterocycles. The van der Waals surface area contributed by atoms with Crippen LogP contribution < -0.4 is 0 Å². The third-order valence-corrected chi connectivity index (χ3v) is 1.39. The van der Waals surface area contributed by atoms with Gasteiger partial charge in [-0.25, -0.2) is 0 Å². The highest BCUT2D eigenvalue weighted by atomic mass is 32.1. The summed E-state index contributed by atoms with van der Waals surface area (Å²) in [7, 11) is 0. The fraction of sp³-hybridized carbons (Fsp3) is 0.500. The van der Waals surface area contributed by atoms with Gasteiger partial charge in [0.15, 0.2) is 0 Å². The monoisotopic (exact) mass is 128 g/mol. The molecule has 0 N–H and O–H groups in total. The first-order valence-electron chi connectivity index (χ1n) is 2.60. The fourth-order valence-electron chi connectivity index (χ4n) is 0.494. The van der Waals surface area contributed by atoms with E-state index in [4.69, 9.17) is 17.0 Å². The summed E-state index contributed by atoms with van der Waals surface area (Å²) in [6, 6.07) is 0. The Hall–Kier alpha value is -0.210. The Labute approximate surface area is 54.3 Å². The largest absolute Gasteiger partial charge is 0.373 e. The van der Waals surface area contributed by atoms with Gasteiger partial charge in [-0.05, 0) is 0 Å². The Morgan fingerprint density at radius 3 is 3.00 bits per heavy atom. The first kappa shape index (κ1) is 5.92. The van der Waals surface area contributed by atoms with Crippen molar-refractivity contribution in [3.05, 3.63) is 12.7 Å². The van der Waals surface area contributed by atoms with Gasteiger partial charge in [-0.2, -0.15) is 0 Å². The van der Waals surface area contributed by atoms with Gasteiger partial charge in [-0.15, -0.1) is 0 Å². The molecule has 0 aromatic carbocycles. The highest BCUT2D eigenvalue weighted by Crippen LogP contribution is 2.14. The number of ether oxygens (including phenoxy) is 1. The van der Waals surface area contributed by atoms with Crippen molar-refractivity contribution in [3.8, 4) is 0 Å². The van der Waals surface area contributed by atoms with Crippen molar-refractivity contribution in [1.29, 1.82) is 0 Å². The molecule has 0 aliphatic carbocycles. The lowest BCUT2D eigenvalue weighted by Gasteiger charge is -1.87. The highest BCUT2D eigenvalue weighted by molar-refractivity contribution is 7.80. The number of rotatable bonds is 3. The third-order valence-electron chi connectivity index (χ3n) is 1.06. The van der Waals surface area contributed by atoms with Crippen LogP contribution >= 0.6 is 12.2 Å². The Morgan fingerprint density at radius 2 is 2.62 bits per heavy atom. The number of allylic oxidation sites excluding steroid dienone is 1. The molecule has 0 radical (unpaired) electrons. The maximum Gasteiger partial charge on any atom is 0.0858 e. The quantitative estimate of drug-likeness (QED) is 0.323. The zero-order chi connectivity index (χ0) is 5.98. The summed E-state index contributed by atoms with van der Waals surface area (Å²) < 4.78 is 4.95. The van der Waals surface area contributed by atoms with Crippen LogP contribution in [0.3, 0.4) is 0 Å². The standard InChI is InChI=1S/C6H8OS/c1-2-6(8)3-5-4-7-5/h2,5H,1,3-4H2. The molecule has 1 aliphatic rings. The third kappa shape index (κ3) is 1.72. The van der Waals surface area contributed by atoms with E-state index in [1.807, 2.05) is 0 Å². The van der Waals surface area contributed by atoms with Gasteiger partial charge in [0.05, 0.1) is 12.7 Å².